The maximum absolute atomic E-state index is 5.71. The Hall–Kier alpha value is -0.670. The van der Waals surface area contributed by atoms with Gasteiger partial charge in [0.25, 0.3) is 0 Å². The molecule has 1 heterocycles. The maximum Gasteiger partial charge on any atom is 0.206 e. The minimum absolute atomic E-state index is 0.443. The van der Waals surface area contributed by atoms with E-state index in [9.17, 15) is 0 Å². The van der Waals surface area contributed by atoms with Gasteiger partial charge >= 0.3 is 0 Å². The van der Waals surface area contributed by atoms with E-state index in [0.29, 0.717) is 5.29 Å². The van der Waals surface area contributed by atoms with Crippen molar-refractivity contribution in [1.82, 2.24) is 4.72 Å². The Labute approximate surface area is 80.2 Å². The third kappa shape index (κ3) is 1.30. The van der Waals surface area contributed by atoms with Gasteiger partial charge in [-0.15, -0.1) is 0 Å². The smallest absolute Gasteiger partial charge is 0.206 e. The van der Waals surface area contributed by atoms with E-state index in [-0.39, 0.29) is 0 Å². The first-order valence-corrected chi connectivity index (χ1v) is 4.73. The highest BCUT2D eigenvalue weighted by atomic mass is 35.5. The molecule has 1 aliphatic heterocycles. The summed E-state index contributed by atoms with van der Waals surface area (Å²) in [5.74, 6) is 0. The topological polar surface area (TPSA) is 24.4 Å². The highest BCUT2D eigenvalue weighted by Crippen LogP contribution is 2.34. The lowest BCUT2D eigenvalue weighted by molar-refractivity contribution is 1.24. The fraction of sp³-hybridized carbons (Fsp3) is 0.125. The van der Waals surface area contributed by atoms with Crippen molar-refractivity contribution in [2.24, 2.45) is 4.99 Å². The molecule has 0 aromatic heterocycles. The number of hydrogen-bond donors (Lipinski definition) is 1. The molecule has 0 fully saturated rings. The predicted octanol–water partition coefficient (Wildman–Crippen LogP) is 2.83. The van der Waals surface area contributed by atoms with Crippen molar-refractivity contribution in [3.8, 4) is 0 Å². The van der Waals surface area contributed by atoms with Crippen LogP contribution in [0.15, 0.2) is 28.1 Å². The number of halogens is 1. The molecule has 1 aliphatic rings. The molecule has 0 saturated carbocycles. The Bertz CT molecular complexity index is 349. The second kappa shape index (κ2) is 2.99. The van der Waals surface area contributed by atoms with Crippen LogP contribution in [-0.2, 0) is 0 Å². The summed E-state index contributed by atoms with van der Waals surface area (Å²) in [4.78, 5) is 5.31. The minimum atomic E-state index is 0.443. The second-order valence-electron chi connectivity index (χ2n) is 2.53. The maximum atomic E-state index is 5.71. The summed E-state index contributed by atoms with van der Waals surface area (Å²) in [7, 11) is 0. The number of hydrogen-bond acceptors (Lipinski definition) is 3. The zero-order valence-corrected chi connectivity index (χ0v) is 8.04. The van der Waals surface area contributed by atoms with Crippen molar-refractivity contribution in [2.75, 3.05) is 0 Å². The lowest BCUT2D eigenvalue weighted by Gasteiger charge is -2.14. The van der Waals surface area contributed by atoms with E-state index in [1.165, 1.54) is 17.5 Å². The van der Waals surface area contributed by atoms with Gasteiger partial charge < -0.3 is 4.72 Å². The van der Waals surface area contributed by atoms with Crippen molar-refractivity contribution >= 4 is 34.5 Å². The molecule has 0 amide bonds. The van der Waals surface area contributed by atoms with E-state index in [4.69, 9.17) is 11.6 Å². The quantitative estimate of drug-likeness (QED) is 0.512. The van der Waals surface area contributed by atoms with Crippen LogP contribution in [0.1, 0.15) is 5.56 Å². The van der Waals surface area contributed by atoms with Crippen LogP contribution < -0.4 is 4.72 Å². The normalized spacial score (nSPS) is 14.7. The summed E-state index contributed by atoms with van der Waals surface area (Å²) >= 11 is 7.23. The number of nitrogens with zero attached hydrogens (tertiary/aromatic N) is 1. The Morgan fingerprint density at radius 2 is 2.33 bits per heavy atom. The third-order valence-corrected chi connectivity index (χ3v) is 2.97. The number of aryl methyl sites for hydroxylation is 1. The van der Waals surface area contributed by atoms with Crippen molar-refractivity contribution in [3.05, 3.63) is 23.8 Å². The summed E-state index contributed by atoms with van der Waals surface area (Å²) in [6, 6.07) is 5.99. The van der Waals surface area contributed by atoms with Crippen LogP contribution in [0.5, 0.6) is 0 Å². The first-order chi connectivity index (χ1) is 5.77. The number of rotatable bonds is 0. The molecule has 62 valence electrons. The molecule has 1 aromatic rings. The Morgan fingerprint density at radius 3 is 3.17 bits per heavy atom. The fourth-order valence-corrected chi connectivity index (χ4v) is 1.97. The summed E-state index contributed by atoms with van der Waals surface area (Å²) < 4.78 is 2.91. The van der Waals surface area contributed by atoms with E-state index in [0.717, 1.165) is 10.6 Å². The number of benzene rings is 1. The van der Waals surface area contributed by atoms with Gasteiger partial charge in [0.15, 0.2) is 0 Å². The number of amidine groups is 1. The molecular formula is C8H7ClN2S. The molecule has 0 bridgehead atoms. The van der Waals surface area contributed by atoms with Crippen LogP contribution >= 0.6 is 23.5 Å². The van der Waals surface area contributed by atoms with E-state index < -0.39 is 0 Å². The standard InChI is InChI=1S/C8H7ClN2S/c1-5-3-2-4-6-7(5)12-11-8(9)10-6/h2-4H,1H3,(H,10,11). The monoisotopic (exact) mass is 198 g/mol. The predicted molar refractivity (Wildman–Crippen MR) is 53.1 cm³/mol. The van der Waals surface area contributed by atoms with Crippen LogP contribution in [0.4, 0.5) is 5.69 Å². The van der Waals surface area contributed by atoms with Gasteiger partial charge in [0.05, 0.1) is 10.6 Å². The molecule has 12 heavy (non-hydrogen) atoms. The van der Waals surface area contributed by atoms with Gasteiger partial charge in [0, 0.05) is 0 Å². The van der Waals surface area contributed by atoms with Gasteiger partial charge in [-0.05, 0) is 42.1 Å². The van der Waals surface area contributed by atoms with Gasteiger partial charge in [-0.25, -0.2) is 4.99 Å². The Balaban J connectivity index is 2.57. The highest BCUT2D eigenvalue weighted by molar-refractivity contribution is 7.98. The van der Waals surface area contributed by atoms with Crippen LogP contribution in [0.3, 0.4) is 0 Å². The van der Waals surface area contributed by atoms with E-state index in [1.54, 1.807) is 0 Å². The highest BCUT2D eigenvalue weighted by Gasteiger charge is 2.11. The summed E-state index contributed by atoms with van der Waals surface area (Å²) in [5, 5.41) is 0.443. The number of fused-ring (bicyclic) bond motifs is 1. The lowest BCUT2D eigenvalue weighted by Crippen LogP contribution is -2.11. The van der Waals surface area contributed by atoms with Crippen molar-refractivity contribution in [2.45, 2.75) is 11.8 Å². The van der Waals surface area contributed by atoms with Crippen LogP contribution in [0.25, 0.3) is 0 Å². The molecular weight excluding hydrogens is 192 g/mol. The molecule has 1 aromatic carbocycles. The summed E-state index contributed by atoms with van der Waals surface area (Å²) in [6.07, 6.45) is 0. The third-order valence-electron chi connectivity index (χ3n) is 1.65. The largest absolute Gasteiger partial charge is 0.300 e. The van der Waals surface area contributed by atoms with Gasteiger partial charge in [0.2, 0.25) is 5.29 Å². The van der Waals surface area contributed by atoms with E-state index >= 15 is 0 Å². The molecule has 0 aliphatic carbocycles. The molecule has 2 nitrogen and oxygen atoms in total. The molecule has 4 heteroatoms. The fourth-order valence-electron chi connectivity index (χ4n) is 1.08. The molecule has 0 saturated heterocycles. The zero-order chi connectivity index (χ0) is 8.55. The average molecular weight is 199 g/mol. The Kier molecular flexibility index (Phi) is 1.98. The Morgan fingerprint density at radius 1 is 1.50 bits per heavy atom. The second-order valence-corrected chi connectivity index (χ2v) is 3.70. The van der Waals surface area contributed by atoms with Crippen molar-refractivity contribution < 1.29 is 0 Å². The first-order valence-electron chi connectivity index (χ1n) is 3.54. The average Bonchev–Trinajstić information content (AvgIpc) is 2.04. The van der Waals surface area contributed by atoms with Crippen molar-refractivity contribution in [3.63, 3.8) is 0 Å². The van der Waals surface area contributed by atoms with Gasteiger partial charge in [-0.1, -0.05) is 12.1 Å². The van der Waals surface area contributed by atoms with E-state index in [1.807, 2.05) is 12.1 Å². The molecule has 0 radical (unpaired) electrons. The molecule has 0 spiro atoms. The van der Waals surface area contributed by atoms with Crippen LogP contribution in [0, 0.1) is 6.92 Å². The lowest BCUT2D eigenvalue weighted by atomic mass is 10.2. The summed E-state index contributed by atoms with van der Waals surface area (Å²) in [6.45, 7) is 2.06. The van der Waals surface area contributed by atoms with Gasteiger partial charge in [-0.3, -0.25) is 0 Å². The van der Waals surface area contributed by atoms with Gasteiger partial charge in [-0.2, -0.15) is 0 Å². The molecule has 2 rings (SSSR count). The summed E-state index contributed by atoms with van der Waals surface area (Å²) in [5.41, 5.74) is 2.17. The van der Waals surface area contributed by atoms with E-state index in [2.05, 4.69) is 22.7 Å². The van der Waals surface area contributed by atoms with Crippen molar-refractivity contribution in [1.29, 1.82) is 0 Å². The zero-order valence-electron chi connectivity index (χ0n) is 6.47. The number of nitrogens with one attached hydrogen (secondary N) is 1. The van der Waals surface area contributed by atoms with Gasteiger partial charge in [0.1, 0.15) is 0 Å². The number of aliphatic imine (C=N–C) groups is 1. The molecule has 0 unspecified atom stereocenters. The first kappa shape index (κ1) is 7.95. The minimum Gasteiger partial charge on any atom is -0.300 e. The molecule has 1 N–H and O–H groups in total. The van der Waals surface area contributed by atoms with Crippen LogP contribution in [-0.4, -0.2) is 5.29 Å². The van der Waals surface area contributed by atoms with Crippen LogP contribution in [0.2, 0.25) is 0 Å². The molecule has 0 atom stereocenters. The SMILES string of the molecule is Cc1cccc2c1SNC(Cl)=N2.